The molecule has 0 spiro atoms. The fraction of sp³-hybridized carbons (Fsp3) is 0.929. The third-order valence-electron chi connectivity index (χ3n) is 4.31. The Balaban J connectivity index is 2.69. The van der Waals surface area contributed by atoms with Crippen LogP contribution in [0.2, 0.25) is 0 Å². The number of ether oxygens (including phenoxy) is 1. The number of hydrogen-bond acceptors (Lipinski definition) is 2. The highest BCUT2D eigenvalue weighted by atomic mass is 16.5. The molecule has 2 nitrogen and oxygen atoms in total. The van der Waals surface area contributed by atoms with E-state index in [9.17, 15) is 4.79 Å². The van der Waals surface area contributed by atoms with Crippen molar-refractivity contribution in [3.8, 4) is 0 Å². The minimum absolute atomic E-state index is 0.170. The second-order valence-electron chi connectivity index (χ2n) is 5.34. The highest BCUT2D eigenvalue weighted by Gasteiger charge is 2.39. The Kier molecular flexibility index (Phi) is 5.30. The summed E-state index contributed by atoms with van der Waals surface area (Å²) in [5.41, 5.74) is -0.170. The molecule has 0 radical (unpaired) electrons. The van der Waals surface area contributed by atoms with Gasteiger partial charge in [-0.3, -0.25) is 4.79 Å². The second-order valence-corrected chi connectivity index (χ2v) is 5.34. The number of carbonyl (C=O) groups excluding carboxylic acids is 1. The molecule has 0 aromatic carbocycles. The molecule has 1 fully saturated rings. The second kappa shape index (κ2) is 6.27. The molecule has 1 rings (SSSR count). The lowest BCUT2D eigenvalue weighted by atomic mass is 9.71. The largest absolute Gasteiger partial charge is 0.461 e. The van der Waals surface area contributed by atoms with E-state index in [1.807, 2.05) is 0 Å². The predicted molar refractivity (Wildman–Crippen MR) is 66.2 cm³/mol. The van der Waals surface area contributed by atoms with Crippen LogP contribution in [0.1, 0.15) is 65.7 Å². The molecule has 94 valence electrons. The third kappa shape index (κ3) is 2.99. The maximum absolute atomic E-state index is 10.7. The molecule has 2 heteroatoms. The highest BCUT2D eigenvalue weighted by Crippen LogP contribution is 2.41. The molecule has 16 heavy (non-hydrogen) atoms. The Bertz CT molecular complexity index is 207. The minimum atomic E-state index is -0.170. The average molecular weight is 226 g/mol. The van der Waals surface area contributed by atoms with E-state index in [0.29, 0.717) is 12.4 Å². The van der Waals surface area contributed by atoms with Crippen LogP contribution in [-0.2, 0) is 9.53 Å². The van der Waals surface area contributed by atoms with Gasteiger partial charge in [-0.05, 0) is 37.5 Å². The first kappa shape index (κ1) is 13.5. The van der Waals surface area contributed by atoms with Crippen LogP contribution in [0.5, 0.6) is 0 Å². The van der Waals surface area contributed by atoms with Gasteiger partial charge in [-0.2, -0.15) is 0 Å². The van der Waals surface area contributed by atoms with E-state index in [0.717, 1.165) is 25.2 Å². The van der Waals surface area contributed by atoms with Gasteiger partial charge in [0.1, 0.15) is 5.60 Å². The number of carbonyl (C=O) groups is 1. The molecule has 0 bridgehead atoms. The van der Waals surface area contributed by atoms with Gasteiger partial charge in [0.2, 0.25) is 0 Å². The van der Waals surface area contributed by atoms with Crippen molar-refractivity contribution in [2.45, 2.75) is 71.3 Å². The van der Waals surface area contributed by atoms with Crippen molar-refractivity contribution in [3.05, 3.63) is 0 Å². The lowest BCUT2D eigenvalue weighted by Crippen LogP contribution is -2.41. The van der Waals surface area contributed by atoms with Gasteiger partial charge in [0.05, 0.1) is 0 Å². The van der Waals surface area contributed by atoms with Crippen molar-refractivity contribution < 1.29 is 9.53 Å². The van der Waals surface area contributed by atoms with Crippen LogP contribution >= 0.6 is 0 Å². The molecule has 0 aliphatic heterocycles. The van der Waals surface area contributed by atoms with E-state index in [-0.39, 0.29) is 5.60 Å². The predicted octanol–water partition coefficient (Wildman–Crippen LogP) is 3.93. The first-order chi connectivity index (χ1) is 7.68. The fourth-order valence-corrected chi connectivity index (χ4v) is 3.21. The molecule has 0 aromatic heterocycles. The zero-order chi connectivity index (χ0) is 12.0. The number of rotatable bonds is 6. The SMILES string of the molecule is CCCC(CC)(OC=O)C1CCC(C)CC1. The lowest BCUT2D eigenvalue weighted by Gasteiger charge is -2.41. The summed E-state index contributed by atoms with van der Waals surface area (Å²) in [4.78, 5) is 10.7. The molecule has 1 saturated carbocycles. The molecule has 0 N–H and O–H groups in total. The molecule has 1 aliphatic carbocycles. The summed E-state index contributed by atoms with van der Waals surface area (Å²) >= 11 is 0. The molecular formula is C14H26O2. The molecule has 0 aromatic rings. The van der Waals surface area contributed by atoms with Crippen molar-refractivity contribution in [1.29, 1.82) is 0 Å². The topological polar surface area (TPSA) is 26.3 Å². The molecule has 1 unspecified atom stereocenters. The van der Waals surface area contributed by atoms with Crippen LogP contribution in [0.25, 0.3) is 0 Å². The smallest absolute Gasteiger partial charge is 0.293 e. The van der Waals surface area contributed by atoms with E-state index in [1.54, 1.807) is 0 Å². The monoisotopic (exact) mass is 226 g/mol. The summed E-state index contributed by atoms with van der Waals surface area (Å²) < 4.78 is 5.51. The van der Waals surface area contributed by atoms with Gasteiger partial charge in [-0.15, -0.1) is 0 Å². The standard InChI is InChI=1S/C14H26O2/c1-4-10-14(5-2,16-11-15)13-8-6-12(3)7-9-13/h11-13H,4-10H2,1-3H3. The zero-order valence-electron chi connectivity index (χ0n) is 11.0. The van der Waals surface area contributed by atoms with Crippen LogP contribution in [0.3, 0.4) is 0 Å². The average Bonchev–Trinajstić information content (AvgIpc) is 2.29. The summed E-state index contributed by atoms with van der Waals surface area (Å²) in [5.74, 6) is 1.43. The molecule has 1 atom stereocenters. The Hall–Kier alpha value is -0.530. The maximum atomic E-state index is 10.7. The quantitative estimate of drug-likeness (QED) is 0.641. The van der Waals surface area contributed by atoms with E-state index in [4.69, 9.17) is 4.74 Å². The summed E-state index contributed by atoms with van der Waals surface area (Å²) in [6.07, 6.45) is 8.09. The zero-order valence-corrected chi connectivity index (χ0v) is 11.0. The van der Waals surface area contributed by atoms with Crippen LogP contribution < -0.4 is 0 Å². The normalized spacial score (nSPS) is 29.4. The van der Waals surface area contributed by atoms with Gasteiger partial charge in [0.15, 0.2) is 0 Å². The summed E-state index contributed by atoms with van der Waals surface area (Å²) in [7, 11) is 0. The Morgan fingerprint density at radius 2 is 1.88 bits per heavy atom. The molecule has 0 heterocycles. The summed E-state index contributed by atoms with van der Waals surface area (Å²) in [5, 5.41) is 0. The molecular weight excluding hydrogens is 200 g/mol. The van der Waals surface area contributed by atoms with Gasteiger partial charge < -0.3 is 4.74 Å². The van der Waals surface area contributed by atoms with Gasteiger partial charge in [-0.1, -0.05) is 40.0 Å². The molecule has 0 amide bonds. The van der Waals surface area contributed by atoms with Gasteiger partial charge >= 0.3 is 0 Å². The van der Waals surface area contributed by atoms with Gasteiger partial charge in [0.25, 0.3) is 6.47 Å². The third-order valence-corrected chi connectivity index (χ3v) is 4.31. The first-order valence-corrected chi connectivity index (χ1v) is 6.80. The summed E-state index contributed by atoms with van der Waals surface area (Å²) in [6, 6.07) is 0. The van der Waals surface area contributed by atoms with Crippen molar-refractivity contribution >= 4 is 6.47 Å². The maximum Gasteiger partial charge on any atom is 0.293 e. The molecule has 1 aliphatic rings. The van der Waals surface area contributed by atoms with Crippen LogP contribution in [0.4, 0.5) is 0 Å². The Morgan fingerprint density at radius 1 is 1.25 bits per heavy atom. The van der Waals surface area contributed by atoms with Crippen molar-refractivity contribution in [1.82, 2.24) is 0 Å². The summed E-state index contributed by atoms with van der Waals surface area (Å²) in [6.45, 7) is 7.31. The minimum Gasteiger partial charge on any atom is -0.461 e. The van der Waals surface area contributed by atoms with Crippen molar-refractivity contribution in [3.63, 3.8) is 0 Å². The van der Waals surface area contributed by atoms with E-state index in [2.05, 4.69) is 20.8 Å². The van der Waals surface area contributed by atoms with Crippen LogP contribution in [0.15, 0.2) is 0 Å². The van der Waals surface area contributed by atoms with Crippen molar-refractivity contribution in [2.24, 2.45) is 11.8 Å². The van der Waals surface area contributed by atoms with E-state index in [1.165, 1.54) is 25.7 Å². The van der Waals surface area contributed by atoms with Crippen molar-refractivity contribution in [2.75, 3.05) is 0 Å². The highest BCUT2D eigenvalue weighted by molar-refractivity contribution is 5.38. The van der Waals surface area contributed by atoms with Crippen LogP contribution in [-0.4, -0.2) is 12.1 Å². The van der Waals surface area contributed by atoms with Gasteiger partial charge in [0, 0.05) is 0 Å². The number of hydrogen-bond donors (Lipinski definition) is 0. The van der Waals surface area contributed by atoms with Gasteiger partial charge in [-0.25, -0.2) is 0 Å². The Labute approximate surface area is 99.8 Å². The first-order valence-electron chi connectivity index (χ1n) is 6.80. The molecule has 0 saturated heterocycles. The lowest BCUT2D eigenvalue weighted by molar-refractivity contribution is -0.154. The van der Waals surface area contributed by atoms with E-state index >= 15 is 0 Å². The van der Waals surface area contributed by atoms with Crippen LogP contribution in [0, 0.1) is 11.8 Å². The fourth-order valence-electron chi connectivity index (χ4n) is 3.21. The Morgan fingerprint density at radius 3 is 2.31 bits per heavy atom. The van der Waals surface area contributed by atoms with E-state index < -0.39 is 0 Å².